The van der Waals surface area contributed by atoms with E-state index in [1.54, 1.807) is 34.3 Å². The van der Waals surface area contributed by atoms with E-state index in [1.807, 2.05) is 86.1 Å². The van der Waals surface area contributed by atoms with Crippen LogP contribution in [0.5, 0.6) is 0 Å². The largest absolute Gasteiger partial charge is 0.453 e. The molecule has 4 atom stereocenters. The summed E-state index contributed by atoms with van der Waals surface area (Å²) in [5, 5.41) is 5.39. The van der Waals surface area contributed by atoms with Crippen molar-refractivity contribution in [1.29, 1.82) is 0 Å². The van der Waals surface area contributed by atoms with Gasteiger partial charge in [0.25, 0.3) is 5.91 Å². The smallest absolute Gasteiger partial charge is 0.407 e. The Hall–Kier alpha value is -7.85. The Balaban J connectivity index is 1.06. The van der Waals surface area contributed by atoms with Crippen LogP contribution < -0.4 is 10.6 Å². The first-order valence-electron chi connectivity index (χ1n) is 21.6. The fourth-order valence-corrected chi connectivity index (χ4v) is 8.56. The molecule has 2 aliphatic rings. The van der Waals surface area contributed by atoms with Crippen LogP contribution in [0.2, 0.25) is 0 Å². The molecule has 2 aliphatic heterocycles. The number of aromatic amines is 2. The zero-order valence-electron chi connectivity index (χ0n) is 36.8. The molecule has 4 N–H and O–H groups in total. The minimum absolute atomic E-state index is 0.145. The van der Waals surface area contributed by atoms with Gasteiger partial charge < -0.3 is 44.4 Å². The number of imidazole rings is 3. The molecule has 5 heterocycles. The monoisotopic (exact) mass is 874 g/mol. The summed E-state index contributed by atoms with van der Waals surface area (Å²) in [5.41, 5.74) is 5.63. The van der Waals surface area contributed by atoms with Crippen molar-refractivity contribution in [2.75, 3.05) is 27.3 Å². The molecule has 0 radical (unpaired) electrons. The van der Waals surface area contributed by atoms with Crippen LogP contribution in [0, 0.1) is 29.6 Å². The first-order valence-corrected chi connectivity index (χ1v) is 21.6. The van der Waals surface area contributed by atoms with Crippen LogP contribution in [0.3, 0.4) is 0 Å². The van der Waals surface area contributed by atoms with E-state index in [-0.39, 0.29) is 29.8 Å². The van der Waals surface area contributed by atoms with Gasteiger partial charge in [-0.1, -0.05) is 86.4 Å². The molecule has 6 aromatic rings. The lowest BCUT2D eigenvalue weighted by atomic mass is 10.0. The highest BCUT2D eigenvalue weighted by Crippen LogP contribution is 2.34. The van der Waals surface area contributed by atoms with Gasteiger partial charge in [-0.2, -0.15) is 0 Å². The minimum atomic E-state index is -0.924. The number of alkyl carbamates (subject to hydrolysis) is 2. The molecule has 0 saturated carbocycles. The molecule has 3 aromatic carbocycles. The van der Waals surface area contributed by atoms with Gasteiger partial charge in [0.2, 0.25) is 5.91 Å². The molecule has 0 spiro atoms. The van der Waals surface area contributed by atoms with Crippen molar-refractivity contribution in [3.05, 3.63) is 125 Å². The van der Waals surface area contributed by atoms with Crippen molar-refractivity contribution in [2.45, 2.75) is 63.7 Å². The first kappa shape index (κ1) is 43.8. The Labute approximate surface area is 376 Å². The zero-order chi connectivity index (χ0) is 45.6. The third-order valence-electron chi connectivity index (χ3n) is 11.8. The van der Waals surface area contributed by atoms with Crippen LogP contribution in [0.4, 0.5) is 9.59 Å². The molecule has 332 valence electrons. The van der Waals surface area contributed by atoms with Gasteiger partial charge in [-0.15, -0.1) is 0 Å². The topological polar surface area (TPSA) is 192 Å². The molecule has 3 aromatic heterocycles. The third-order valence-corrected chi connectivity index (χ3v) is 11.8. The summed E-state index contributed by atoms with van der Waals surface area (Å²) in [6, 6.07) is 20.5. The van der Waals surface area contributed by atoms with E-state index < -0.39 is 24.3 Å². The standard InChI is InChI=1S/C49H50N10O6/c1-30(2)39(55-48(62)64-4)46(60)58-26-12-18-37(58)43-51-29-36(53-43)25-23-33-21-20-32(40-42(33)57(3)45(54-40)34-16-10-7-11-17-34)22-24-35-28-50-44(52-35)38-19-13-27-59(38)47(61)41(56-49(63)65-5)31-14-8-6-9-15-31/h6-11,14-17,20-21,28-30,37-39,41H,12-13,18-19,26-27H2,1-5H3,(H,50,52)(H,51,53)(H,55,62)(H,56,63)/t37-,38-,39-,41+/m0/s1. The molecule has 2 saturated heterocycles. The number of carbonyl (C=O) groups excluding carboxylic acids is 4. The molecule has 2 fully saturated rings. The maximum Gasteiger partial charge on any atom is 0.407 e. The van der Waals surface area contributed by atoms with Crippen LogP contribution in [-0.2, 0) is 26.1 Å². The second-order valence-electron chi connectivity index (χ2n) is 16.3. The Morgan fingerprint density at radius 1 is 0.708 bits per heavy atom. The van der Waals surface area contributed by atoms with Gasteiger partial charge in [-0.25, -0.2) is 24.5 Å². The summed E-state index contributed by atoms with van der Waals surface area (Å²) in [4.78, 5) is 76.6. The fourth-order valence-electron chi connectivity index (χ4n) is 8.56. The van der Waals surface area contributed by atoms with Crippen LogP contribution >= 0.6 is 0 Å². The van der Waals surface area contributed by atoms with E-state index in [4.69, 9.17) is 14.5 Å². The number of aromatic nitrogens is 6. The van der Waals surface area contributed by atoms with Crippen molar-refractivity contribution in [1.82, 2.24) is 49.9 Å². The highest BCUT2D eigenvalue weighted by atomic mass is 16.5. The van der Waals surface area contributed by atoms with E-state index in [1.165, 1.54) is 14.2 Å². The van der Waals surface area contributed by atoms with E-state index >= 15 is 0 Å². The molecule has 16 heteroatoms. The second-order valence-corrected chi connectivity index (χ2v) is 16.3. The lowest BCUT2D eigenvalue weighted by Gasteiger charge is -2.29. The summed E-state index contributed by atoms with van der Waals surface area (Å²) in [7, 11) is 4.50. The summed E-state index contributed by atoms with van der Waals surface area (Å²) in [6.07, 6.45) is 4.97. The average Bonchev–Trinajstić information content (AvgIpc) is 4.19. The van der Waals surface area contributed by atoms with E-state index in [9.17, 15) is 19.2 Å². The van der Waals surface area contributed by atoms with Gasteiger partial charge in [0, 0.05) is 25.7 Å². The number of rotatable bonds is 9. The maximum atomic E-state index is 14.0. The zero-order valence-corrected chi connectivity index (χ0v) is 36.8. The average molecular weight is 875 g/mol. The number of nitrogens with zero attached hydrogens (tertiary/aromatic N) is 6. The third kappa shape index (κ3) is 9.29. The molecule has 16 nitrogen and oxygen atoms in total. The number of carbonyl (C=O) groups is 4. The maximum absolute atomic E-state index is 14.0. The minimum Gasteiger partial charge on any atom is -0.453 e. The van der Waals surface area contributed by atoms with Crippen molar-refractivity contribution < 1.29 is 28.7 Å². The number of hydrogen-bond acceptors (Lipinski definition) is 9. The lowest BCUT2D eigenvalue weighted by molar-refractivity contribution is -0.135. The number of H-pyrrole nitrogens is 2. The fraction of sp³-hybridized carbons (Fsp3) is 0.327. The predicted molar refractivity (Wildman–Crippen MR) is 242 cm³/mol. The van der Waals surface area contributed by atoms with Crippen molar-refractivity contribution in [3.8, 4) is 35.1 Å². The highest BCUT2D eigenvalue weighted by Gasteiger charge is 2.38. The van der Waals surface area contributed by atoms with Crippen LogP contribution in [-0.4, -0.2) is 96.6 Å². The van der Waals surface area contributed by atoms with Gasteiger partial charge in [0.05, 0.1) is 55.3 Å². The van der Waals surface area contributed by atoms with Crippen molar-refractivity contribution in [3.63, 3.8) is 0 Å². The molecule has 8 rings (SSSR count). The van der Waals surface area contributed by atoms with Gasteiger partial charge in [-0.3, -0.25) is 9.59 Å². The summed E-state index contributed by atoms with van der Waals surface area (Å²) in [6.45, 7) is 4.82. The normalized spacial score (nSPS) is 16.6. The number of nitrogens with one attached hydrogen (secondary N) is 4. The molecule has 0 unspecified atom stereocenters. The summed E-state index contributed by atoms with van der Waals surface area (Å²) >= 11 is 0. The van der Waals surface area contributed by atoms with Crippen molar-refractivity contribution in [2.24, 2.45) is 13.0 Å². The van der Waals surface area contributed by atoms with Gasteiger partial charge in [-0.05, 0) is 61.1 Å². The molecule has 4 amide bonds. The Bertz CT molecular complexity index is 2840. The molecule has 0 aliphatic carbocycles. The quantitative estimate of drug-likeness (QED) is 0.121. The molecular formula is C49H50N10O6. The summed E-state index contributed by atoms with van der Waals surface area (Å²) in [5.74, 6) is 14.5. The Morgan fingerprint density at radius 2 is 1.25 bits per heavy atom. The number of benzene rings is 3. The van der Waals surface area contributed by atoms with Gasteiger partial charge in [0.1, 0.15) is 46.5 Å². The second kappa shape index (κ2) is 19.3. The van der Waals surface area contributed by atoms with E-state index in [0.29, 0.717) is 59.2 Å². The lowest BCUT2D eigenvalue weighted by Crippen LogP contribution is -2.51. The van der Waals surface area contributed by atoms with E-state index in [2.05, 4.69) is 54.3 Å². The Kier molecular flexibility index (Phi) is 13.0. The Morgan fingerprint density at radius 3 is 1.83 bits per heavy atom. The number of amides is 4. The number of likely N-dealkylation sites (tertiary alicyclic amines) is 2. The number of hydrogen-bond donors (Lipinski definition) is 4. The summed E-state index contributed by atoms with van der Waals surface area (Å²) < 4.78 is 11.6. The van der Waals surface area contributed by atoms with Crippen molar-refractivity contribution >= 4 is 35.0 Å². The highest BCUT2D eigenvalue weighted by molar-refractivity contribution is 5.91. The van der Waals surface area contributed by atoms with Crippen LogP contribution in [0.1, 0.15) is 97.4 Å². The molecular weight excluding hydrogens is 825 g/mol. The van der Waals surface area contributed by atoms with Gasteiger partial charge >= 0.3 is 12.2 Å². The number of methoxy groups -OCH3 is 2. The van der Waals surface area contributed by atoms with Crippen LogP contribution in [0.15, 0.2) is 85.2 Å². The number of fused-ring (bicyclic) bond motifs is 1. The van der Waals surface area contributed by atoms with Gasteiger partial charge in [0.15, 0.2) is 0 Å². The number of aryl methyl sites for hydroxylation is 1. The first-order chi connectivity index (χ1) is 31.5. The predicted octanol–water partition coefficient (Wildman–Crippen LogP) is 6.29. The molecule has 0 bridgehead atoms. The SMILES string of the molecule is COC(=O)N[C@H](C(=O)N1CCC[C@H]1c1ncc(C#Cc2ccc(C#Cc3cnc([C@@H]4CCCN4C(=O)[C@H](NC(=O)OC)c4ccccc4)[nH]3)c3nc(-c4ccccc4)n(C)c23)[nH]1)C(C)C. The van der Waals surface area contributed by atoms with Crippen LogP contribution in [0.25, 0.3) is 22.4 Å². The molecule has 65 heavy (non-hydrogen) atoms. The van der Waals surface area contributed by atoms with E-state index in [0.717, 1.165) is 41.7 Å². The number of ether oxygens (including phenoxy) is 2.